The van der Waals surface area contributed by atoms with Gasteiger partial charge in [-0.15, -0.1) is 0 Å². The zero-order valence-electron chi connectivity index (χ0n) is 26.6. The first kappa shape index (κ1) is 34.1. The normalized spacial score (nSPS) is 41.0. The number of carbonyl (C=O) groups is 1. The number of quaternary nitrogens is 1. The van der Waals surface area contributed by atoms with E-state index in [-0.39, 0.29) is 52.5 Å². The molecule has 0 spiro atoms. The molecule has 0 saturated heterocycles. The van der Waals surface area contributed by atoms with Crippen molar-refractivity contribution in [1.29, 1.82) is 0 Å². The summed E-state index contributed by atoms with van der Waals surface area (Å²) in [6.45, 7) is 8.78. The van der Waals surface area contributed by atoms with Crippen molar-refractivity contribution in [3.63, 3.8) is 0 Å². The Bertz CT molecular complexity index is 1050. The van der Waals surface area contributed by atoms with Crippen molar-refractivity contribution in [2.24, 2.45) is 46.3 Å². The first-order valence-electron chi connectivity index (χ1n) is 16.5. The standard InChI is InChI=1S/C32H58N2O7S/c1-21(8-11-29(38)33-14-6-15-34(4,5)16-7-17-42(39,40)41)24-9-10-25-30-26(20-28(37)32(24,25)3)31(2)13-12-23(35)18-22(31)19-27(30)36/h21-28,30,35-37H,6-20H2,1-5H3,(H-,33,38,39,40,41)/t21?,22?,23-,24?,25+,26+,27-,28+,30?,31?,32?/m1/s1. The number of rotatable bonds is 12. The van der Waals surface area contributed by atoms with E-state index >= 15 is 0 Å². The Hall–Kier alpha value is -0.780. The molecule has 4 saturated carbocycles. The predicted molar refractivity (Wildman–Crippen MR) is 161 cm³/mol. The minimum atomic E-state index is -4.18. The number of nitrogens with one attached hydrogen (secondary N) is 1. The number of aliphatic hydroxyl groups excluding tert-OH is 3. The summed E-state index contributed by atoms with van der Waals surface area (Å²) in [5.74, 6) is 1.38. The molecule has 4 rings (SSSR count). The molecule has 4 aliphatic rings. The molecule has 0 aliphatic heterocycles. The molecule has 11 atom stereocenters. The van der Waals surface area contributed by atoms with Crippen LogP contribution in [0.3, 0.4) is 0 Å². The second-order valence-electron chi connectivity index (χ2n) is 15.7. The summed E-state index contributed by atoms with van der Waals surface area (Å²) < 4.78 is 33.1. The summed E-state index contributed by atoms with van der Waals surface area (Å²) in [7, 11) is -0.177. The van der Waals surface area contributed by atoms with Crippen molar-refractivity contribution in [2.45, 2.75) is 110 Å². The fourth-order valence-corrected chi connectivity index (χ4v) is 10.8. The third-order valence-electron chi connectivity index (χ3n) is 12.8. The molecular weight excluding hydrogens is 556 g/mol. The molecule has 4 fully saturated rings. The van der Waals surface area contributed by atoms with E-state index in [1.807, 2.05) is 14.1 Å². The quantitative estimate of drug-likeness (QED) is 0.150. The van der Waals surface area contributed by atoms with Gasteiger partial charge in [0.2, 0.25) is 5.91 Å². The largest absolute Gasteiger partial charge is 0.748 e. The van der Waals surface area contributed by atoms with Gasteiger partial charge in [0.05, 0.1) is 55.6 Å². The molecule has 0 aromatic heterocycles. The lowest BCUT2D eigenvalue weighted by atomic mass is 9.43. The molecule has 244 valence electrons. The average Bonchev–Trinajstić information content (AvgIpc) is 3.24. The minimum Gasteiger partial charge on any atom is -0.748 e. The van der Waals surface area contributed by atoms with E-state index < -0.39 is 16.2 Å². The Kier molecular flexibility index (Phi) is 10.5. The number of carbonyl (C=O) groups excluding carboxylic acids is 1. The van der Waals surface area contributed by atoms with Crippen LogP contribution in [0.4, 0.5) is 0 Å². The van der Waals surface area contributed by atoms with E-state index in [0.717, 1.165) is 64.3 Å². The number of hydrogen-bond donors (Lipinski definition) is 4. The van der Waals surface area contributed by atoms with Crippen LogP contribution in [0.25, 0.3) is 0 Å². The lowest BCUT2D eigenvalue weighted by molar-refractivity contribution is -0.890. The predicted octanol–water partition coefficient (Wildman–Crippen LogP) is 2.88. The molecule has 0 aromatic carbocycles. The van der Waals surface area contributed by atoms with Crippen LogP contribution in [-0.2, 0) is 14.9 Å². The molecule has 9 nitrogen and oxygen atoms in total. The van der Waals surface area contributed by atoms with Gasteiger partial charge in [0.1, 0.15) is 0 Å². The smallest absolute Gasteiger partial charge is 0.220 e. The molecule has 0 aromatic rings. The van der Waals surface area contributed by atoms with E-state index in [4.69, 9.17) is 0 Å². The highest BCUT2D eigenvalue weighted by Crippen LogP contribution is 2.68. The fraction of sp³-hybridized carbons (Fsp3) is 0.969. The zero-order chi connectivity index (χ0) is 31.1. The molecule has 0 bridgehead atoms. The molecule has 0 heterocycles. The lowest BCUT2D eigenvalue weighted by Gasteiger charge is -2.63. The maximum atomic E-state index is 12.7. The highest BCUT2D eigenvalue weighted by Gasteiger charge is 2.65. The van der Waals surface area contributed by atoms with Crippen molar-refractivity contribution in [3.05, 3.63) is 0 Å². The molecule has 42 heavy (non-hydrogen) atoms. The Labute approximate surface area is 254 Å². The zero-order valence-corrected chi connectivity index (χ0v) is 27.4. The van der Waals surface area contributed by atoms with Crippen LogP contribution in [-0.4, -0.2) is 96.5 Å². The number of hydrogen-bond acceptors (Lipinski definition) is 7. The van der Waals surface area contributed by atoms with Gasteiger partial charge in [-0.3, -0.25) is 4.79 Å². The van der Waals surface area contributed by atoms with Crippen molar-refractivity contribution >= 4 is 16.0 Å². The van der Waals surface area contributed by atoms with Gasteiger partial charge in [-0.05, 0) is 97.7 Å². The summed E-state index contributed by atoms with van der Waals surface area (Å²) in [6.07, 6.45) is 7.35. The van der Waals surface area contributed by atoms with Gasteiger partial charge in [0.25, 0.3) is 0 Å². The maximum absolute atomic E-state index is 12.7. The van der Waals surface area contributed by atoms with Crippen LogP contribution in [0.15, 0.2) is 0 Å². The minimum absolute atomic E-state index is 0.0368. The van der Waals surface area contributed by atoms with Crippen LogP contribution in [0, 0.1) is 46.3 Å². The summed E-state index contributed by atoms with van der Waals surface area (Å²) >= 11 is 0. The number of amides is 1. The van der Waals surface area contributed by atoms with Gasteiger partial charge < -0.3 is 29.7 Å². The third kappa shape index (κ3) is 7.20. The van der Waals surface area contributed by atoms with E-state index in [9.17, 15) is 33.1 Å². The topological polar surface area (TPSA) is 147 Å². The van der Waals surface area contributed by atoms with Crippen LogP contribution in [0.2, 0.25) is 0 Å². The maximum Gasteiger partial charge on any atom is 0.220 e. The monoisotopic (exact) mass is 614 g/mol. The molecule has 0 radical (unpaired) electrons. The molecule has 10 heteroatoms. The molecule has 4 N–H and O–H groups in total. The summed E-state index contributed by atoms with van der Waals surface area (Å²) in [5.41, 5.74) is -0.191. The van der Waals surface area contributed by atoms with Gasteiger partial charge >= 0.3 is 0 Å². The highest BCUT2D eigenvalue weighted by atomic mass is 32.2. The molecular formula is C32H58N2O7S. The molecule has 6 unspecified atom stereocenters. The highest BCUT2D eigenvalue weighted by molar-refractivity contribution is 7.85. The van der Waals surface area contributed by atoms with Crippen molar-refractivity contribution in [3.8, 4) is 0 Å². The van der Waals surface area contributed by atoms with Crippen molar-refractivity contribution in [2.75, 3.05) is 39.5 Å². The number of aliphatic hydroxyl groups is 3. The Morgan fingerprint density at radius 3 is 2.40 bits per heavy atom. The summed E-state index contributed by atoms with van der Waals surface area (Å²) in [5, 5.41) is 36.6. The van der Waals surface area contributed by atoms with Crippen molar-refractivity contribution < 1.29 is 37.6 Å². The van der Waals surface area contributed by atoms with Crippen LogP contribution in [0.1, 0.15) is 91.4 Å². The van der Waals surface area contributed by atoms with Gasteiger partial charge in [-0.2, -0.15) is 0 Å². The lowest BCUT2D eigenvalue weighted by Crippen LogP contribution is -2.62. The van der Waals surface area contributed by atoms with Crippen LogP contribution < -0.4 is 5.32 Å². The van der Waals surface area contributed by atoms with E-state index in [2.05, 4.69) is 26.1 Å². The van der Waals surface area contributed by atoms with Gasteiger partial charge in [-0.25, -0.2) is 8.42 Å². The average molecular weight is 615 g/mol. The number of nitrogens with zero attached hydrogens (tertiary/aromatic N) is 1. The second kappa shape index (κ2) is 12.9. The summed E-state index contributed by atoms with van der Waals surface area (Å²) in [6, 6.07) is 0. The third-order valence-corrected chi connectivity index (χ3v) is 13.6. The summed E-state index contributed by atoms with van der Waals surface area (Å²) in [4.78, 5) is 12.7. The van der Waals surface area contributed by atoms with Crippen LogP contribution >= 0.6 is 0 Å². The van der Waals surface area contributed by atoms with Crippen LogP contribution in [0.5, 0.6) is 0 Å². The number of fused-ring (bicyclic) bond motifs is 5. The molecule has 1 amide bonds. The van der Waals surface area contributed by atoms with Crippen molar-refractivity contribution in [1.82, 2.24) is 5.32 Å². The SMILES string of the molecule is CC(CCC(=O)NCCC[N+](C)(C)CCCS(=O)(=O)[O-])C1CC[C@H]2C3[C@H](O)CC4C[C@H](O)CCC4(C)[C@H]3C[C@H](O)C12C. The van der Waals surface area contributed by atoms with E-state index in [1.54, 1.807) is 0 Å². The molecule has 4 aliphatic carbocycles. The van der Waals surface area contributed by atoms with E-state index in [1.165, 1.54) is 0 Å². The Balaban J connectivity index is 1.27. The van der Waals surface area contributed by atoms with Gasteiger partial charge in [0, 0.05) is 31.6 Å². The fourth-order valence-electron chi connectivity index (χ4n) is 10.3. The Morgan fingerprint density at radius 2 is 1.71 bits per heavy atom. The van der Waals surface area contributed by atoms with E-state index in [0.29, 0.717) is 48.2 Å². The van der Waals surface area contributed by atoms with Gasteiger partial charge in [0.15, 0.2) is 0 Å². The van der Waals surface area contributed by atoms with Gasteiger partial charge in [-0.1, -0.05) is 20.8 Å². The first-order valence-corrected chi connectivity index (χ1v) is 18.1. The second-order valence-corrected chi connectivity index (χ2v) is 17.3. The Morgan fingerprint density at radius 1 is 1.02 bits per heavy atom. The first-order chi connectivity index (χ1) is 19.5.